The van der Waals surface area contributed by atoms with Gasteiger partial charge in [0.15, 0.2) is 11.2 Å². The summed E-state index contributed by atoms with van der Waals surface area (Å²) in [5.74, 6) is -1.98. The van der Waals surface area contributed by atoms with Crippen molar-refractivity contribution < 1.29 is 23.9 Å². The molecular weight excluding hydrogens is 320 g/mol. The van der Waals surface area contributed by atoms with Gasteiger partial charge in [-0.15, -0.1) is 0 Å². The number of carbonyl (C=O) groups excluding carboxylic acids is 3. The van der Waals surface area contributed by atoms with E-state index in [0.29, 0.717) is 12.0 Å². The highest BCUT2D eigenvalue weighted by Gasteiger charge is 2.95. The zero-order chi connectivity index (χ0) is 18.6. The fourth-order valence-electron chi connectivity index (χ4n) is 4.87. The van der Waals surface area contributed by atoms with Crippen molar-refractivity contribution >= 4 is 17.7 Å². The minimum absolute atomic E-state index is 0.152. The maximum Gasteiger partial charge on any atom is 0.325 e. The van der Waals surface area contributed by atoms with Crippen LogP contribution >= 0.6 is 0 Å². The molecule has 0 spiro atoms. The van der Waals surface area contributed by atoms with Crippen molar-refractivity contribution in [3.8, 4) is 0 Å². The van der Waals surface area contributed by atoms with Gasteiger partial charge in [-0.2, -0.15) is 0 Å². The average Bonchev–Trinajstić information content (AvgIpc) is 3.15. The average molecular weight is 344 g/mol. The number of fused-ring (bicyclic) bond motifs is 1. The summed E-state index contributed by atoms with van der Waals surface area (Å²) in [7, 11) is 0. The summed E-state index contributed by atoms with van der Waals surface area (Å²) < 4.78 is 10.7. The normalized spacial score (nSPS) is 31.9. The van der Waals surface area contributed by atoms with E-state index < -0.39 is 34.3 Å². The number of aryl methyl sites for hydroxylation is 1. The van der Waals surface area contributed by atoms with E-state index in [0.717, 1.165) is 5.56 Å². The van der Waals surface area contributed by atoms with Gasteiger partial charge in [0.1, 0.15) is 5.60 Å². The molecule has 25 heavy (non-hydrogen) atoms. The van der Waals surface area contributed by atoms with Crippen molar-refractivity contribution in [1.29, 1.82) is 0 Å². The van der Waals surface area contributed by atoms with Crippen molar-refractivity contribution in [3.63, 3.8) is 0 Å². The molecule has 2 aliphatic rings. The Morgan fingerprint density at radius 1 is 1.16 bits per heavy atom. The molecule has 0 aromatic heterocycles. The molecule has 0 amide bonds. The van der Waals surface area contributed by atoms with Crippen LogP contribution in [0.15, 0.2) is 24.3 Å². The lowest BCUT2D eigenvalue weighted by molar-refractivity contribution is -0.166. The quantitative estimate of drug-likeness (QED) is 0.466. The van der Waals surface area contributed by atoms with Gasteiger partial charge in [0.05, 0.1) is 12.0 Å². The van der Waals surface area contributed by atoms with Crippen molar-refractivity contribution in [2.24, 2.45) is 16.7 Å². The molecule has 1 aromatic rings. The second-order valence-electron chi connectivity index (χ2n) is 7.47. The second kappa shape index (κ2) is 5.41. The van der Waals surface area contributed by atoms with Gasteiger partial charge in [-0.3, -0.25) is 14.4 Å². The molecule has 1 saturated heterocycles. The number of cyclic esters (lactones) is 1. The van der Waals surface area contributed by atoms with E-state index in [2.05, 4.69) is 0 Å². The van der Waals surface area contributed by atoms with Crippen molar-refractivity contribution in [1.82, 2.24) is 0 Å². The Bertz CT molecular complexity index is 748. The third-order valence-electron chi connectivity index (χ3n) is 5.79. The minimum atomic E-state index is -1.52. The Kier molecular flexibility index (Phi) is 3.82. The van der Waals surface area contributed by atoms with E-state index in [1.54, 1.807) is 32.9 Å². The molecule has 1 aliphatic carbocycles. The largest absolute Gasteiger partial charge is 0.465 e. The van der Waals surface area contributed by atoms with Crippen LogP contribution in [0.3, 0.4) is 0 Å². The molecule has 0 radical (unpaired) electrons. The van der Waals surface area contributed by atoms with Gasteiger partial charge in [-0.25, -0.2) is 0 Å². The number of carbonyl (C=O) groups is 3. The van der Waals surface area contributed by atoms with Crippen LogP contribution in [0.25, 0.3) is 0 Å². The summed E-state index contributed by atoms with van der Waals surface area (Å²) in [5.41, 5.74) is -1.97. The molecule has 3 atom stereocenters. The van der Waals surface area contributed by atoms with Crippen LogP contribution in [0.1, 0.15) is 50.0 Å². The molecule has 1 aromatic carbocycles. The van der Waals surface area contributed by atoms with Crippen LogP contribution < -0.4 is 0 Å². The van der Waals surface area contributed by atoms with Gasteiger partial charge >= 0.3 is 11.9 Å². The van der Waals surface area contributed by atoms with Crippen molar-refractivity contribution in [2.75, 3.05) is 6.61 Å². The number of rotatable bonds is 5. The molecule has 1 saturated carbocycles. The highest BCUT2D eigenvalue weighted by atomic mass is 16.6. The van der Waals surface area contributed by atoms with E-state index in [4.69, 9.17) is 9.47 Å². The van der Waals surface area contributed by atoms with Gasteiger partial charge in [-0.1, -0.05) is 36.8 Å². The molecule has 0 bridgehead atoms. The van der Waals surface area contributed by atoms with E-state index in [1.807, 2.05) is 26.0 Å². The second-order valence-corrected chi connectivity index (χ2v) is 7.47. The first-order valence-corrected chi connectivity index (χ1v) is 8.72. The SMILES string of the molecule is CCOC(=O)[C@]12C(=O)OC(C)(C)[C@H]1[C@]2(CC)C(=O)c1ccc(C)cc1. The van der Waals surface area contributed by atoms with Gasteiger partial charge in [0, 0.05) is 11.5 Å². The van der Waals surface area contributed by atoms with Crippen LogP contribution in [0.5, 0.6) is 0 Å². The predicted octanol–water partition coefficient (Wildman–Crippen LogP) is 3.09. The minimum Gasteiger partial charge on any atom is -0.465 e. The van der Waals surface area contributed by atoms with E-state index in [9.17, 15) is 14.4 Å². The molecule has 3 rings (SSSR count). The number of ketones is 1. The molecule has 1 heterocycles. The van der Waals surface area contributed by atoms with E-state index in [-0.39, 0.29) is 12.4 Å². The Balaban J connectivity index is 2.14. The number of benzene rings is 1. The zero-order valence-corrected chi connectivity index (χ0v) is 15.3. The third kappa shape index (κ3) is 1.98. The van der Waals surface area contributed by atoms with Crippen LogP contribution in [0.2, 0.25) is 0 Å². The van der Waals surface area contributed by atoms with E-state index >= 15 is 0 Å². The highest BCUT2D eigenvalue weighted by Crippen LogP contribution is 2.80. The number of ether oxygens (including phenoxy) is 2. The van der Waals surface area contributed by atoms with Crippen LogP contribution in [0, 0.1) is 23.7 Å². The fraction of sp³-hybridized carbons (Fsp3) is 0.550. The third-order valence-corrected chi connectivity index (χ3v) is 5.79. The first-order valence-electron chi connectivity index (χ1n) is 8.72. The van der Waals surface area contributed by atoms with Gasteiger partial charge in [0.2, 0.25) is 0 Å². The molecule has 5 nitrogen and oxygen atoms in total. The Morgan fingerprint density at radius 3 is 2.28 bits per heavy atom. The molecule has 1 aliphatic heterocycles. The summed E-state index contributed by atoms with van der Waals surface area (Å²) in [4.78, 5) is 39.0. The monoisotopic (exact) mass is 344 g/mol. The Hall–Kier alpha value is -2.17. The predicted molar refractivity (Wildman–Crippen MR) is 91.0 cm³/mol. The molecular formula is C20H24O5. The number of Topliss-reactive ketones (excluding diaryl/α,β-unsaturated/α-hetero) is 1. The lowest BCUT2D eigenvalue weighted by atomic mass is 9.81. The summed E-state index contributed by atoms with van der Waals surface area (Å²) in [6.07, 6.45) is 0.377. The number of esters is 2. The standard InChI is InChI=1S/C20H24O5/c1-6-19(14(21)13-10-8-12(3)9-11-13)15-18(4,5)25-17(23)20(15,19)16(22)24-7-2/h8-11,15H,6-7H2,1-5H3/t15-,19-,20-/m0/s1. The summed E-state index contributed by atoms with van der Waals surface area (Å²) >= 11 is 0. The maximum absolute atomic E-state index is 13.4. The van der Waals surface area contributed by atoms with Crippen molar-refractivity contribution in [2.45, 2.75) is 46.6 Å². The number of hydrogen-bond donors (Lipinski definition) is 0. The topological polar surface area (TPSA) is 69.7 Å². The fourth-order valence-corrected chi connectivity index (χ4v) is 4.87. The smallest absolute Gasteiger partial charge is 0.325 e. The van der Waals surface area contributed by atoms with Gasteiger partial charge in [0.25, 0.3) is 0 Å². The van der Waals surface area contributed by atoms with Crippen molar-refractivity contribution in [3.05, 3.63) is 35.4 Å². The summed E-state index contributed by atoms with van der Waals surface area (Å²) in [6.45, 7) is 9.14. The Morgan fingerprint density at radius 2 is 1.76 bits per heavy atom. The Labute approximate surface area is 147 Å². The molecule has 2 fully saturated rings. The van der Waals surface area contributed by atoms with Crippen LogP contribution in [-0.2, 0) is 19.1 Å². The van der Waals surface area contributed by atoms with Crippen LogP contribution in [-0.4, -0.2) is 29.9 Å². The zero-order valence-electron chi connectivity index (χ0n) is 15.3. The van der Waals surface area contributed by atoms with Gasteiger partial charge < -0.3 is 9.47 Å². The molecule has 0 N–H and O–H groups in total. The van der Waals surface area contributed by atoms with E-state index in [1.165, 1.54) is 0 Å². The van der Waals surface area contributed by atoms with Crippen LogP contribution in [0.4, 0.5) is 0 Å². The van der Waals surface area contributed by atoms with Gasteiger partial charge in [-0.05, 0) is 34.1 Å². The first-order chi connectivity index (χ1) is 11.7. The molecule has 134 valence electrons. The highest BCUT2D eigenvalue weighted by molar-refractivity contribution is 6.19. The number of hydrogen-bond acceptors (Lipinski definition) is 5. The molecule has 5 heteroatoms. The molecule has 0 unspecified atom stereocenters. The summed E-state index contributed by atoms with van der Waals surface area (Å²) in [5, 5.41) is 0. The maximum atomic E-state index is 13.4. The lowest BCUT2D eigenvalue weighted by Crippen LogP contribution is -2.40. The summed E-state index contributed by atoms with van der Waals surface area (Å²) in [6, 6.07) is 7.21. The first kappa shape index (κ1) is 17.6. The lowest BCUT2D eigenvalue weighted by Gasteiger charge is -2.28.